The Balaban J connectivity index is 1.35. The molecule has 3 heterocycles. The summed E-state index contributed by atoms with van der Waals surface area (Å²) in [6, 6.07) is 1.56. The van der Waals surface area contributed by atoms with E-state index >= 15 is 0 Å². The van der Waals surface area contributed by atoms with Gasteiger partial charge in [-0.2, -0.15) is 0 Å². The zero-order chi connectivity index (χ0) is 34.3. The van der Waals surface area contributed by atoms with E-state index in [4.69, 9.17) is 4.74 Å². The molecule has 7 unspecified atom stereocenters. The molecule has 4 aliphatic rings. The number of halogens is 1. The van der Waals surface area contributed by atoms with Gasteiger partial charge in [-0.3, -0.25) is 9.59 Å². The number of pyridine rings is 1. The minimum Gasteiger partial charge on any atom is -0.472 e. The lowest BCUT2D eigenvalue weighted by Crippen LogP contribution is -2.60. The molecule has 258 valence electrons. The number of carboxylic acid groups (broad SMARTS) is 1. The Hall–Kier alpha value is -4.27. The summed E-state index contributed by atoms with van der Waals surface area (Å²) in [5, 5.41) is 13.6. The molecule has 2 saturated carbocycles. The Labute approximate surface area is 277 Å². The monoisotopic (exact) mass is 685 g/mol. The summed E-state index contributed by atoms with van der Waals surface area (Å²) in [7, 11) is -4.15. The van der Waals surface area contributed by atoms with E-state index in [0.717, 1.165) is 19.3 Å². The standard InChI is InChI=1S/C33H40FN5O8S/c1-18-5-3-4-6-21-14-26(21)36-29(40)27-16-23(47-30-25-15-22(34)8-7-20(25)11-12-35-30)17-38(27)31(41)28(19(2)13-18)39(33(43)44)32(42)37-48(45,46)24-9-10-24/h4,6-8,11-12,15,18-19,21,23-24,26-28H,3,5,9-10,13-14,16-17H2,1-2H3,(H,36,40)(H,37,42)(H,43,44). The highest BCUT2D eigenvalue weighted by molar-refractivity contribution is 7.90. The first kappa shape index (κ1) is 33.6. The van der Waals surface area contributed by atoms with Gasteiger partial charge in [-0.15, -0.1) is 0 Å². The summed E-state index contributed by atoms with van der Waals surface area (Å²) in [6.07, 6.45) is 6.31. The zero-order valence-electron chi connectivity index (χ0n) is 26.7. The second kappa shape index (κ2) is 13.3. The van der Waals surface area contributed by atoms with Gasteiger partial charge in [-0.25, -0.2) is 37.0 Å². The van der Waals surface area contributed by atoms with E-state index < -0.39 is 69.1 Å². The maximum absolute atomic E-state index is 14.6. The number of carbonyl (C=O) groups is 4. The van der Waals surface area contributed by atoms with E-state index in [-0.39, 0.29) is 41.6 Å². The van der Waals surface area contributed by atoms with Gasteiger partial charge >= 0.3 is 12.1 Å². The molecule has 3 fully saturated rings. The van der Waals surface area contributed by atoms with Crippen molar-refractivity contribution in [3.05, 3.63) is 48.4 Å². The quantitative estimate of drug-likeness (QED) is 0.396. The fourth-order valence-electron chi connectivity index (χ4n) is 6.89. The molecule has 2 aliphatic heterocycles. The fraction of sp³-hybridized carbons (Fsp3) is 0.545. The second-order valence-corrected chi connectivity index (χ2v) is 15.5. The van der Waals surface area contributed by atoms with Gasteiger partial charge in [0, 0.05) is 24.0 Å². The number of hydrogen-bond donors (Lipinski definition) is 3. The first-order valence-corrected chi connectivity index (χ1v) is 17.9. The number of aromatic nitrogens is 1. The normalized spacial score (nSPS) is 29.6. The van der Waals surface area contributed by atoms with Gasteiger partial charge in [0.15, 0.2) is 0 Å². The van der Waals surface area contributed by atoms with Crippen LogP contribution in [0.25, 0.3) is 10.8 Å². The molecule has 48 heavy (non-hydrogen) atoms. The van der Waals surface area contributed by atoms with Crippen LogP contribution < -0.4 is 14.8 Å². The van der Waals surface area contributed by atoms with Crippen LogP contribution in [0.5, 0.6) is 5.88 Å². The molecule has 3 N–H and O–H groups in total. The van der Waals surface area contributed by atoms with Crippen molar-refractivity contribution >= 4 is 44.7 Å². The van der Waals surface area contributed by atoms with Crippen LogP contribution >= 0.6 is 0 Å². The average molecular weight is 686 g/mol. The second-order valence-electron chi connectivity index (χ2n) is 13.6. The van der Waals surface area contributed by atoms with Crippen molar-refractivity contribution in [2.24, 2.45) is 17.8 Å². The number of hydrogen-bond acceptors (Lipinski definition) is 8. The van der Waals surface area contributed by atoms with Crippen LogP contribution in [0.3, 0.4) is 0 Å². The molecule has 0 radical (unpaired) electrons. The summed E-state index contributed by atoms with van der Waals surface area (Å²) < 4.78 is 47.6. The molecular formula is C33H40FN5O8S. The van der Waals surface area contributed by atoms with Crippen molar-refractivity contribution in [1.82, 2.24) is 24.8 Å². The SMILES string of the molecule is CC1CCC=CC2CC2NC(=O)C2CC(Oc3nccc4ccc(F)cc34)CN2C(=O)C(N(C(=O)O)C(=O)NS(=O)(=O)C2CC2)C(C)C1. The summed E-state index contributed by atoms with van der Waals surface area (Å²) in [5.41, 5.74) is 0. The third kappa shape index (κ3) is 7.25. The van der Waals surface area contributed by atoms with Crippen molar-refractivity contribution in [3.63, 3.8) is 0 Å². The topological polar surface area (TPSA) is 175 Å². The van der Waals surface area contributed by atoms with Crippen molar-refractivity contribution in [2.45, 2.75) is 88.3 Å². The third-order valence-corrected chi connectivity index (χ3v) is 11.5. The molecule has 2 aliphatic carbocycles. The summed E-state index contributed by atoms with van der Waals surface area (Å²) >= 11 is 0. The van der Waals surface area contributed by atoms with Crippen LogP contribution in [0.1, 0.15) is 58.8 Å². The average Bonchev–Trinajstić information content (AvgIpc) is 3.95. The predicted molar refractivity (Wildman–Crippen MR) is 172 cm³/mol. The predicted octanol–water partition coefficient (Wildman–Crippen LogP) is 3.79. The van der Waals surface area contributed by atoms with E-state index in [1.165, 1.54) is 23.2 Å². The number of allylic oxidation sites excluding steroid dienone is 1. The minimum absolute atomic E-state index is 0.0189. The molecule has 1 saturated heterocycles. The zero-order valence-corrected chi connectivity index (χ0v) is 27.6. The van der Waals surface area contributed by atoms with Gasteiger partial charge in [-0.1, -0.05) is 32.1 Å². The van der Waals surface area contributed by atoms with E-state index in [2.05, 4.69) is 22.5 Å². The van der Waals surface area contributed by atoms with Crippen molar-refractivity contribution in [1.29, 1.82) is 0 Å². The highest BCUT2D eigenvalue weighted by atomic mass is 32.2. The molecule has 2 aromatic rings. The lowest BCUT2D eigenvalue weighted by atomic mass is 9.87. The molecule has 1 aromatic heterocycles. The van der Waals surface area contributed by atoms with Gasteiger partial charge in [0.1, 0.15) is 24.0 Å². The summed E-state index contributed by atoms with van der Waals surface area (Å²) in [5.74, 6) is -2.22. The highest BCUT2D eigenvalue weighted by Gasteiger charge is 2.50. The van der Waals surface area contributed by atoms with Gasteiger partial charge in [0.05, 0.1) is 11.8 Å². The lowest BCUT2D eigenvalue weighted by molar-refractivity contribution is -0.143. The van der Waals surface area contributed by atoms with Crippen LogP contribution in [0.2, 0.25) is 0 Å². The van der Waals surface area contributed by atoms with Crippen LogP contribution in [-0.4, -0.2) is 88.3 Å². The Morgan fingerprint density at radius 2 is 1.90 bits per heavy atom. The van der Waals surface area contributed by atoms with Crippen molar-refractivity contribution in [2.75, 3.05) is 6.54 Å². The molecule has 15 heteroatoms. The number of amides is 5. The smallest absolute Gasteiger partial charge is 0.416 e. The van der Waals surface area contributed by atoms with Crippen molar-refractivity contribution < 1.29 is 41.8 Å². The lowest BCUT2D eigenvalue weighted by Gasteiger charge is -2.36. The first-order chi connectivity index (χ1) is 22.8. The number of fused-ring (bicyclic) bond motifs is 3. The molecular weight excluding hydrogens is 645 g/mol. The fourth-order valence-corrected chi connectivity index (χ4v) is 8.15. The Kier molecular flexibility index (Phi) is 9.33. The van der Waals surface area contributed by atoms with Crippen LogP contribution in [-0.2, 0) is 19.6 Å². The molecule has 13 nitrogen and oxygen atoms in total. The number of urea groups is 1. The van der Waals surface area contributed by atoms with Gasteiger partial charge in [-0.05, 0) is 79.9 Å². The molecule has 6 rings (SSSR count). The van der Waals surface area contributed by atoms with E-state index in [9.17, 15) is 37.1 Å². The van der Waals surface area contributed by atoms with E-state index in [0.29, 0.717) is 30.0 Å². The third-order valence-electron chi connectivity index (χ3n) is 9.66. The van der Waals surface area contributed by atoms with E-state index in [1.54, 1.807) is 19.1 Å². The van der Waals surface area contributed by atoms with Crippen LogP contribution in [0.4, 0.5) is 14.0 Å². The molecule has 7 atom stereocenters. The molecule has 1 aromatic carbocycles. The number of carbonyl (C=O) groups excluding carboxylic acids is 3. The Morgan fingerprint density at radius 1 is 1.12 bits per heavy atom. The van der Waals surface area contributed by atoms with Crippen LogP contribution in [0.15, 0.2) is 42.6 Å². The number of sulfonamides is 1. The number of nitrogens with one attached hydrogen (secondary N) is 2. The number of benzene rings is 1. The maximum atomic E-state index is 14.6. The largest absolute Gasteiger partial charge is 0.472 e. The number of imide groups is 1. The Morgan fingerprint density at radius 3 is 2.62 bits per heavy atom. The Bertz CT molecular complexity index is 1750. The van der Waals surface area contributed by atoms with Gasteiger partial charge in [0.2, 0.25) is 27.7 Å². The molecule has 0 bridgehead atoms. The maximum Gasteiger partial charge on any atom is 0.416 e. The number of ether oxygens (including phenoxy) is 1. The van der Waals surface area contributed by atoms with Gasteiger partial charge < -0.3 is 20.1 Å². The highest BCUT2D eigenvalue weighted by Crippen LogP contribution is 2.35. The minimum atomic E-state index is -4.15. The van der Waals surface area contributed by atoms with Gasteiger partial charge in [0.25, 0.3) is 0 Å². The molecule has 5 amide bonds. The summed E-state index contributed by atoms with van der Waals surface area (Å²) in [6.45, 7) is 3.46. The van der Waals surface area contributed by atoms with Crippen molar-refractivity contribution in [3.8, 4) is 5.88 Å². The number of rotatable bonds is 5. The first-order valence-electron chi connectivity index (χ1n) is 16.4. The van der Waals surface area contributed by atoms with Crippen LogP contribution in [0, 0.1) is 23.6 Å². The van der Waals surface area contributed by atoms with E-state index in [1.807, 2.05) is 11.6 Å². The molecule has 0 spiro atoms. The summed E-state index contributed by atoms with van der Waals surface area (Å²) in [4.78, 5) is 60.3. The number of nitrogens with zero attached hydrogens (tertiary/aromatic N) is 3.